The van der Waals surface area contributed by atoms with Crippen molar-refractivity contribution in [2.75, 3.05) is 5.73 Å². The number of hydrogen-bond donors (Lipinski definition) is 1. The standard InChI is InChI=1S/C13H15BrN2.C13H15N/c1-13(2,3)9-5-4-8-6-10(14)12(15)16-11(8)7-9;1-13(2,3)11-7-6-10-5-4-8-14-12(10)9-11/h4-7H,1-3H3,(H2,15,16);4-9H,1-3H3. The predicted octanol–water partition coefficient (Wildman–Crippen LogP) is 7.41. The Hall–Kier alpha value is -2.46. The number of hydrogen-bond acceptors (Lipinski definition) is 3. The zero-order valence-corrected chi connectivity index (χ0v) is 20.2. The summed E-state index contributed by atoms with van der Waals surface area (Å²) in [6, 6.07) is 18.9. The first kappa shape index (κ1) is 22.2. The van der Waals surface area contributed by atoms with Crippen LogP contribution in [-0.4, -0.2) is 9.97 Å². The molecule has 0 saturated carbocycles. The van der Waals surface area contributed by atoms with E-state index in [1.54, 1.807) is 0 Å². The third-order valence-electron chi connectivity index (χ3n) is 5.14. The second-order valence-electron chi connectivity index (χ2n) is 9.67. The lowest BCUT2D eigenvalue weighted by atomic mass is 9.86. The normalized spacial score (nSPS) is 12.0. The number of anilines is 1. The molecule has 2 aromatic carbocycles. The number of halogens is 1. The van der Waals surface area contributed by atoms with Gasteiger partial charge in [0.25, 0.3) is 0 Å². The maximum absolute atomic E-state index is 5.79. The largest absolute Gasteiger partial charge is 0.383 e. The summed E-state index contributed by atoms with van der Waals surface area (Å²) in [5.74, 6) is 0.540. The molecule has 0 aliphatic carbocycles. The van der Waals surface area contributed by atoms with Gasteiger partial charge < -0.3 is 5.73 Å². The summed E-state index contributed by atoms with van der Waals surface area (Å²) < 4.78 is 0.850. The zero-order chi connectivity index (χ0) is 22.1. The van der Waals surface area contributed by atoms with Crippen LogP contribution in [0, 0.1) is 0 Å². The van der Waals surface area contributed by atoms with Gasteiger partial charge in [-0.3, -0.25) is 4.98 Å². The molecule has 0 bridgehead atoms. The summed E-state index contributed by atoms with van der Waals surface area (Å²) in [5, 5.41) is 2.31. The van der Waals surface area contributed by atoms with E-state index in [-0.39, 0.29) is 10.8 Å². The molecule has 3 nitrogen and oxygen atoms in total. The topological polar surface area (TPSA) is 51.8 Å². The fourth-order valence-electron chi connectivity index (χ4n) is 3.16. The average molecular weight is 464 g/mol. The van der Waals surface area contributed by atoms with Crippen LogP contribution >= 0.6 is 15.9 Å². The Morgan fingerprint density at radius 1 is 0.733 bits per heavy atom. The van der Waals surface area contributed by atoms with Gasteiger partial charge in [0, 0.05) is 17.0 Å². The van der Waals surface area contributed by atoms with E-state index >= 15 is 0 Å². The maximum Gasteiger partial charge on any atom is 0.138 e. The molecule has 0 aliphatic rings. The highest BCUT2D eigenvalue weighted by Crippen LogP contribution is 2.28. The summed E-state index contributed by atoms with van der Waals surface area (Å²) in [4.78, 5) is 8.74. The molecular formula is C26H30BrN3. The van der Waals surface area contributed by atoms with E-state index in [0.717, 1.165) is 20.9 Å². The van der Waals surface area contributed by atoms with Crippen LogP contribution in [0.2, 0.25) is 0 Å². The zero-order valence-electron chi connectivity index (χ0n) is 18.6. The van der Waals surface area contributed by atoms with Crippen molar-refractivity contribution in [3.63, 3.8) is 0 Å². The van der Waals surface area contributed by atoms with Gasteiger partial charge in [-0.1, -0.05) is 71.9 Å². The fraction of sp³-hybridized carbons (Fsp3) is 0.308. The molecule has 2 aromatic heterocycles. The van der Waals surface area contributed by atoms with Crippen molar-refractivity contribution < 1.29 is 0 Å². The summed E-state index contributed by atoms with van der Waals surface area (Å²) >= 11 is 3.39. The smallest absolute Gasteiger partial charge is 0.138 e. The Morgan fingerprint density at radius 2 is 1.30 bits per heavy atom. The van der Waals surface area contributed by atoms with Gasteiger partial charge in [0.2, 0.25) is 0 Å². The number of fused-ring (bicyclic) bond motifs is 2. The van der Waals surface area contributed by atoms with Crippen LogP contribution in [0.3, 0.4) is 0 Å². The van der Waals surface area contributed by atoms with Crippen molar-refractivity contribution in [3.05, 3.63) is 76.4 Å². The molecule has 4 aromatic rings. The number of nitrogen functional groups attached to an aromatic ring is 1. The van der Waals surface area contributed by atoms with Gasteiger partial charge in [-0.2, -0.15) is 0 Å². The minimum atomic E-state index is 0.137. The molecule has 0 unspecified atom stereocenters. The number of rotatable bonds is 0. The Labute approximate surface area is 187 Å². The van der Waals surface area contributed by atoms with Crippen molar-refractivity contribution in [2.24, 2.45) is 0 Å². The van der Waals surface area contributed by atoms with E-state index < -0.39 is 0 Å². The first-order chi connectivity index (χ1) is 13.9. The number of aromatic nitrogens is 2. The van der Waals surface area contributed by atoms with Crippen LogP contribution < -0.4 is 5.73 Å². The van der Waals surface area contributed by atoms with E-state index in [1.807, 2.05) is 18.3 Å². The minimum Gasteiger partial charge on any atom is -0.383 e. The molecule has 0 fully saturated rings. The first-order valence-electron chi connectivity index (χ1n) is 10.2. The molecule has 2 N–H and O–H groups in total. The molecule has 156 valence electrons. The highest BCUT2D eigenvalue weighted by molar-refractivity contribution is 9.10. The molecule has 0 saturated heterocycles. The van der Waals surface area contributed by atoms with Gasteiger partial charge in [0.05, 0.1) is 15.5 Å². The summed E-state index contributed by atoms with van der Waals surface area (Å²) in [5.41, 5.74) is 10.8. The molecule has 2 heterocycles. The van der Waals surface area contributed by atoms with E-state index in [9.17, 15) is 0 Å². The molecule has 30 heavy (non-hydrogen) atoms. The highest BCUT2D eigenvalue weighted by atomic mass is 79.9. The summed E-state index contributed by atoms with van der Waals surface area (Å²) in [6.07, 6.45) is 1.84. The molecule has 0 aliphatic heterocycles. The number of pyridine rings is 2. The van der Waals surface area contributed by atoms with E-state index in [2.05, 4.69) is 110 Å². The third kappa shape index (κ3) is 5.17. The van der Waals surface area contributed by atoms with Gasteiger partial charge in [-0.05, 0) is 62.2 Å². The van der Waals surface area contributed by atoms with Crippen molar-refractivity contribution in [1.29, 1.82) is 0 Å². The summed E-state index contributed by atoms with van der Waals surface area (Å²) in [7, 11) is 0. The predicted molar refractivity (Wildman–Crippen MR) is 133 cm³/mol. The lowest BCUT2D eigenvalue weighted by molar-refractivity contribution is 0.590. The van der Waals surface area contributed by atoms with Crippen molar-refractivity contribution >= 4 is 43.6 Å². The van der Waals surface area contributed by atoms with Crippen LogP contribution in [0.5, 0.6) is 0 Å². The van der Waals surface area contributed by atoms with Crippen LogP contribution in [0.4, 0.5) is 5.82 Å². The number of nitrogens with two attached hydrogens (primary N) is 1. The summed E-state index contributed by atoms with van der Waals surface area (Å²) in [6.45, 7) is 13.2. The Balaban J connectivity index is 0.000000172. The molecule has 0 radical (unpaired) electrons. The first-order valence-corrected chi connectivity index (χ1v) is 11.0. The maximum atomic E-state index is 5.79. The monoisotopic (exact) mass is 463 g/mol. The van der Waals surface area contributed by atoms with Gasteiger partial charge in [-0.15, -0.1) is 0 Å². The SMILES string of the molecule is CC(C)(C)c1ccc2cc(Br)c(N)nc2c1.CC(C)(C)c1ccc2cccnc2c1. The van der Waals surface area contributed by atoms with Crippen molar-refractivity contribution in [3.8, 4) is 0 Å². The Kier molecular flexibility index (Phi) is 6.19. The van der Waals surface area contributed by atoms with E-state index in [4.69, 9.17) is 5.73 Å². The third-order valence-corrected chi connectivity index (χ3v) is 5.77. The van der Waals surface area contributed by atoms with Gasteiger partial charge in [-0.25, -0.2) is 4.98 Å². The van der Waals surface area contributed by atoms with Crippen molar-refractivity contribution in [2.45, 2.75) is 52.4 Å². The van der Waals surface area contributed by atoms with Crippen LogP contribution in [0.1, 0.15) is 52.7 Å². The van der Waals surface area contributed by atoms with Crippen LogP contribution in [0.15, 0.2) is 65.3 Å². The molecule has 0 atom stereocenters. The van der Waals surface area contributed by atoms with Crippen LogP contribution in [-0.2, 0) is 10.8 Å². The second-order valence-corrected chi connectivity index (χ2v) is 10.5. The van der Waals surface area contributed by atoms with Crippen LogP contribution in [0.25, 0.3) is 21.8 Å². The Bertz CT molecular complexity index is 1180. The quantitative estimate of drug-likeness (QED) is 0.295. The lowest BCUT2D eigenvalue weighted by Crippen LogP contribution is -2.10. The lowest BCUT2D eigenvalue weighted by Gasteiger charge is -2.19. The van der Waals surface area contributed by atoms with E-state index in [0.29, 0.717) is 5.82 Å². The fourth-order valence-corrected chi connectivity index (χ4v) is 3.49. The average Bonchev–Trinajstić information content (AvgIpc) is 2.67. The van der Waals surface area contributed by atoms with Gasteiger partial charge >= 0.3 is 0 Å². The minimum absolute atomic E-state index is 0.137. The highest BCUT2D eigenvalue weighted by Gasteiger charge is 2.15. The number of benzene rings is 2. The molecule has 0 spiro atoms. The van der Waals surface area contributed by atoms with Gasteiger partial charge in [0.15, 0.2) is 0 Å². The second kappa shape index (κ2) is 8.35. The molecular weight excluding hydrogens is 434 g/mol. The van der Waals surface area contributed by atoms with E-state index in [1.165, 1.54) is 16.5 Å². The van der Waals surface area contributed by atoms with Gasteiger partial charge in [0.1, 0.15) is 5.82 Å². The van der Waals surface area contributed by atoms with Crippen molar-refractivity contribution in [1.82, 2.24) is 9.97 Å². The molecule has 4 rings (SSSR count). The molecule has 0 amide bonds. The number of nitrogens with zero attached hydrogens (tertiary/aromatic N) is 2. The Morgan fingerprint density at radius 3 is 1.90 bits per heavy atom. The molecule has 4 heteroatoms.